The predicted molar refractivity (Wildman–Crippen MR) is 552 cm³/mol. The zero-order valence-corrected chi connectivity index (χ0v) is 77.0. The molecule has 0 unspecified atom stereocenters. The SMILES string of the molecule is [2H]C([2H])([2H])Oc1ccc(-n2[nH]c3c(cnc4c(F)cc(Br)cc43)c2=O)cc1.[2H]C([2H])([2H])Oc1ccc(-n2[nH]c3c(cnc4ccc(CO)cc43)c2=O)cc1.[2H]C([2H])([2H])Oc1cccc(-n2[nH]c3c(cnc4c(F)cc(Br)cc43)c2=O)c1.[2H]C([2H])([2H])Oc1cccc(-n2[nH]c3c(cnc4ccc(CO)cc43)c2=O)c1.[2H]C([2H])([2H])Oc1ccccc1-n1[nH]c2c(cnc3cc(C)ccc32)c1=O.[2H]C([2H])([2H])Oc1ccccc1-n1[nH]c2c(cnc3ccc(CO)cc32)c1=O. The van der Waals surface area contributed by atoms with E-state index in [9.17, 15) is 52.9 Å². The summed E-state index contributed by atoms with van der Waals surface area (Å²) in [6.07, 6.45) is 8.65. The third kappa shape index (κ3) is 18.1. The van der Waals surface area contributed by atoms with Gasteiger partial charge in [0.25, 0.3) is 33.4 Å². The second kappa shape index (κ2) is 40.0. The van der Waals surface area contributed by atoms with E-state index < -0.39 is 59.4 Å². The molecule has 143 heavy (non-hydrogen) atoms. The van der Waals surface area contributed by atoms with Gasteiger partial charge >= 0.3 is 0 Å². The van der Waals surface area contributed by atoms with Gasteiger partial charge < -0.3 is 43.7 Å². The monoisotopic (exact) mass is 2060 g/mol. The maximum atomic E-state index is 14.2. The van der Waals surface area contributed by atoms with Gasteiger partial charge in [-0.3, -0.25) is 89.3 Å². The first-order chi connectivity index (χ1) is 76.4. The molecule has 0 amide bonds. The van der Waals surface area contributed by atoms with Gasteiger partial charge in [-0.25, -0.2) is 36.9 Å². The summed E-state index contributed by atoms with van der Waals surface area (Å²) in [6.45, 7) is 1.61. The lowest BCUT2D eigenvalue weighted by atomic mass is 10.1. The van der Waals surface area contributed by atoms with E-state index in [-0.39, 0.29) is 104 Å². The Labute approximate surface area is 846 Å². The highest BCUT2D eigenvalue weighted by Crippen LogP contribution is 2.35. The molecule has 0 bridgehead atoms. The van der Waals surface area contributed by atoms with Crippen LogP contribution in [0.5, 0.6) is 34.5 Å². The maximum Gasteiger partial charge on any atom is 0.280 e. The Morgan fingerprint density at radius 2 is 0.615 bits per heavy atom. The normalized spacial score (nSPS) is 13.7. The summed E-state index contributed by atoms with van der Waals surface area (Å²) < 4.78 is 196. The Morgan fingerprint density at radius 3 is 0.986 bits per heavy atom. The van der Waals surface area contributed by atoms with Crippen LogP contribution in [0, 0.1) is 18.6 Å². The number of hydrogen-bond acceptors (Lipinski definition) is 21. The number of fused-ring (bicyclic) bond motifs is 18. The van der Waals surface area contributed by atoms with Crippen LogP contribution in [0.2, 0.25) is 0 Å². The summed E-state index contributed by atoms with van der Waals surface area (Å²) in [5, 5.41) is 52.3. The average molecular weight is 2060 g/mol. The molecule has 0 fully saturated rings. The fraction of sp³-hybridized carbons (Fsp3) is 0.0943. The summed E-state index contributed by atoms with van der Waals surface area (Å²) >= 11 is 6.48. The first-order valence-corrected chi connectivity index (χ1v) is 44.4. The van der Waals surface area contributed by atoms with Crippen molar-refractivity contribution < 1.29 is 77.2 Å². The Bertz CT molecular complexity index is 10300. The third-order valence-electron chi connectivity index (χ3n) is 23.3. The van der Waals surface area contributed by atoms with Gasteiger partial charge in [-0.15, -0.1) is 0 Å². The van der Waals surface area contributed by atoms with Gasteiger partial charge in [-0.2, -0.15) is 0 Å². The highest BCUT2D eigenvalue weighted by Gasteiger charge is 2.23. The number of benzene rings is 12. The predicted octanol–water partition coefficient (Wildman–Crippen LogP) is 17.8. The van der Waals surface area contributed by atoms with Crippen LogP contribution in [0.15, 0.2) is 318 Å². The van der Waals surface area contributed by atoms with E-state index in [1.54, 1.807) is 152 Å². The molecule has 33 nitrogen and oxygen atoms in total. The topological polar surface area (TPSA) is 420 Å². The Kier molecular flexibility index (Phi) is 20.8. The van der Waals surface area contributed by atoms with E-state index in [4.69, 9.17) is 53.1 Å². The molecule has 714 valence electrons. The molecule has 0 aliphatic carbocycles. The fourth-order valence-corrected chi connectivity index (χ4v) is 17.2. The molecule has 24 rings (SSSR count). The van der Waals surface area contributed by atoms with Crippen LogP contribution in [-0.4, -0.2) is 146 Å². The molecule has 0 radical (unpaired) electrons. The highest BCUT2D eigenvalue weighted by molar-refractivity contribution is 9.10. The Hall–Kier alpha value is -17.8. The number of halogens is 4. The number of pyridine rings is 6. The number of nitrogens with zero attached hydrogens (tertiary/aromatic N) is 12. The van der Waals surface area contributed by atoms with Gasteiger partial charge in [-0.1, -0.05) is 98.6 Å². The molecule has 24 aromatic rings. The van der Waals surface area contributed by atoms with Crippen molar-refractivity contribution in [3.8, 4) is 68.6 Å². The van der Waals surface area contributed by atoms with Crippen LogP contribution >= 0.6 is 31.9 Å². The molecular formula is C106H82Br2F2N18O15. The summed E-state index contributed by atoms with van der Waals surface area (Å²) in [5.41, 5.74) is 9.93. The van der Waals surface area contributed by atoms with Crippen LogP contribution in [-0.2, 0) is 19.8 Å². The van der Waals surface area contributed by atoms with Gasteiger partial charge in [0.05, 0.1) is 197 Å². The average Bonchev–Trinajstić information content (AvgIpc) is 1.62. The number of aliphatic hydroxyl groups excluding tert-OH is 3. The summed E-state index contributed by atoms with van der Waals surface area (Å²) in [7, 11) is -15.5. The number of H-pyrrole nitrogens is 6. The number of methoxy groups -OCH3 is 6. The van der Waals surface area contributed by atoms with Crippen molar-refractivity contribution in [1.29, 1.82) is 0 Å². The highest BCUT2D eigenvalue weighted by atomic mass is 79.9. The quantitative estimate of drug-likeness (QED) is 0.0460. The van der Waals surface area contributed by atoms with Crippen molar-refractivity contribution in [1.82, 2.24) is 88.6 Å². The second-order valence-corrected chi connectivity index (χ2v) is 33.8. The Balaban J connectivity index is 0.000000119. The van der Waals surface area contributed by atoms with Crippen molar-refractivity contribution in [3.63, 3.8) is 0 Å². The zero-order valence-electron chi connectivity index (χ0n) is 91.8. The van der Waals surface area contributed by atoms with E-state index in [0.29, 0.717) is 147 Å². The molecule has 0 spiro atoms. The standard InChI is InChI=1S/3C18H15N3O3.C18H15N3O2.2C17H11BrFN3O2/c1-24-13-5-3-12(4-6-13)21-18(23)15-9-19-16-7-2-11(10-22)8-14(16)17(15)20-21;1-24-13-4-2-3-12(8-13)21-18(23)15-9-19-16-6-5-11(10-22)7-14(16)17(15)20-21;1-24-16-5-3-2-4-15(16)21-18(23)13-9-19-14-7-6-11(10-22)8-12(14)17(13)20-21;1-11-7-8-12-14(9-11)19-10-13-17(12)20-21(18(13)22)15-5-3-4-6-16(15)23-2;1-24-11-4-2-10(3-5-11)22-17(23)13-8-20-16-12(15(13)21-22)6-9(18)7-14(16)19;1-24-11-4-2-3-10(7-11)22-17(23)13-8-20-16-12(15(13)21-22)5-9(18)6-14(16)19/h3*2-9,20,22H,10H2,1H3;3-10,20H,1-2H3;2*2-8,21H,1H3/i3*1D3;2D3;2*1D3. The minimum Gasteiger partial charge on any atom is -0.497 e. The summed E-state index contributed by atoms with van der Waals surface area (Å²) in [5.74, 6) is -0.306. The van der Waals surface area contributed by atoms with Gasteiger partial charge in [0.2, 0.25) is 0 Å². The van der Waals surface area contributed by atoms with Gasteiger partial charge in [0.1, 0.15) is 56.9 Å². The fourth-order valence-electron chi connectivity index (χ4n) is 16.4. The van der Waals surface area contributed by atoms with Crippen LogP contribution in [0.1, 0.15) is 46.9 Å². The van der Waals surface area contributed by atoms with Gasteiger partial charge in [0, 0.05) is 90.6 Å². The molecule has 0 saturated carbocycles. The van der Waals surface area contributed by atoms with E-state index >= 15 is 0 Å². The van der Waals surface area contributed by atoms with Crippen LogP contribution in [0.4, 0.5) is 8.78 Å². The van der Waals surface area contributed by atoms with E-state index in [0.717, 1.165) is 27.4 Å². The van der Waals surface area contributed by atoms with Crippen LogP contribution in [0.25, 0.3) is 165 Å². The molecule has 0 aliphatic rings. The maximum absolute atomic E-state index is 14.2. The summed E-state index contributed by atoms with van der Waals surface area (Å²) in [6, 6.07) is 65.1. The second-order valence-electron chi connectivity index (χ2n) is 31.9. The number of ether oxygens (including phenoxy) is 6. The number of aromatic amines is 6. The number of para-hydroxylation sites is 4. The van der Waals surface area contributed by atoms with E-state index in [1.165, 1.54) is 138 Å². The number of nitrogens with one attached hydrogen (secondary N) is 6. The Morgan fingerprint density at radius 1 is 0.294 bits per heavy atom. The number of rotatable bonds is 15. The summed E-state index contributed by atoms with van der Waals surface area (Å²) in [4.78, 5) is 102. The van der Waals surface area contributed by atoms with Gasteiger partial charge in [-0.05, 0) is 193 Å². The number of aromatic nitrogens is 18. The minimum absolute atomic E-state index is 0.0551. The first-order valence-electron chi connectivity index (χ1n) is 51.8. The first kappa shape index (κ1) is 74.3. The van der Waals surface area contributed by atoms with E-state index in [1.807, 2.05) is 25.1 Å². The molecule has 12 heterocycles. The molecule has 9 N–H and O–H groups in total. The van der Waals surface area contributed by atoms with Crippen molar-refractivity contribution in [3.05, 3.63) is 385 Å². The van der Waals surface area contributed by atoms with Crippen LogP contribution in [0.3, 0.4) is 0 Å². The number of aliphatic hydroxyl groups is 3. The molecule has 0 aliphatic heterocycles. The van der Waals surface area contributed by atoms with E-state index in [2.05, 4.69) is 92.4 Å². The zero-order chi connectivity index (χ0) is 115. The van der Waals surface area contributed by atoms with Gasteiger partial charge in [0.15, 0.2) is 11.6 Å². The molecule has 12 aromatic carbocycles. The minimum atomic E-state index is -2.64. The molecule has 0 saturated heterocycles. The molecular weight excluding hydrogens is 1960 g/mol. The van der Waals surface area contributed by atoms with Crippen LogP contribution < -0.4 is 61.8 Å². The molecule has 12 aromatic heterocycles. The lowest BCUT2D eigenvalue weighted by Crippen LogP contribution is -2.15. The van der Waals surface area contributed by atoms with Crippen molar-refractivity contribution in [2.45, 2.75) is 26.7 Å². The lowest BCUT2D eigenvalue weighted by Gasteiger charge is -2.07. The number of hydrogen-bond donors (Lipinski definition) is 9. The largest absolute Gasteiger partial charge is 0.497 e. The smallest absolute Gasteiger partial charge is 0.280 e. The third-order valence-corrected chi connectivity index (χ3v) is 24.3. The lowest BCUT2D eigenvalue weighted by molar-refractivity contribution is 0.282. The molecule has 37 heteroatoms. The van der Waals surface area contributed by atoms with Crippen molar-refractivity contribution in [2.75, 3.05) is 42.2 Å². The number of aryl methyl sites for hydroxylation is 1. The molecule has 0 atom stereocenters. The van der Waals surface area contributed by atoms with Crippen molar-refractivity contribution in [2.24, 2.45) is 0 Å². The van der Waals surface area contributed by atoms with Crippen molar-refractivity contribution >= 4 is 163 Å².